The Bertz CT molecular complexity index is 1290. The predicted molar refractivity (Wildman–Crippen MR) is 147 cm³/mol. The van der Waals surface area contributed by atoms with E-state index < -0.39 is 11.7 Å². The van der Waals surface area contributed by atoms with E-state index in [9.17, 15) is 14.4 Å². The van der Waals surface area contributed by atoms with Crippen LogP contribution in [0.1, 0.15) is 52.0 Å². The molecule has 5 rings (SSSR count). The first-order chi connectivity index (χ1) is 18.5. The molecule has 3 heterocycles. The van der Waals surface area contributed by atoms with Gasteiger partial charge in [0.15, 0.2) is 0 Å². The van der Waals surface area contributed by atoms with Gasteiger partial charge in [0.25, 0.3) is 17.6 Å². The van der Waals surface area contributed by atoms with Crippen LogP contribution in [0.2, 0.25) is 0 Å². The zero-order valence-corrected chi connectivity index (χ0v) is 22.0. The SMILES string of the molecule is COc1cc2[nH]cc(C(=O)C(=O)NCCN3CCCC3)c2cc1C(=O)N1CCC(Cc2ccccc2)CC1. The zero-order chi connectivity index (χ0) is 26.5. The number of fused-ring (bicyclic) bond motifs is 1. The van der Waals surface area contributed by atoms with E-state index >= 15 is 0 Å². The molecule has 1 aromatic heterocycles. The number of H-pyrrole nitrogens is 1. The predicted octanol–water partition coefficient (Wildman–Crippen LogP) is 3.67. The molecule has 8 heteroatoms. The number of likely N-dealkylation sites (tertiary alicyclic amines) is 2. The molecule has 3 aromatic rings. The van der Waals surface area contributed by atoms with Crippen LogP contribution in [-0.4, -0.2) is 78.8 Å². The molecule has 0 unspecified atom stereocenters. The van der Waals surface area contributed by atoms with Gasteiger partial charge in [-0.2, -0.15) is 0 Å². The number of amides is 2. The van der Waals surface area contributed by atoms with Crippen molar-refractivity contribution in [1.29, 1.82) is 0 Å². The molecule has 2 aliphatic rings. The third kappa shape index (κ3) is 5.75. The number of nitrogens with one attached hydrogen (secondary N) is 2. The molecule has 0 spiro atoms. The maximum atomic E-state index is 13.6. The topological polar surface area (TPSA) is 94.7 Å². The van der Waals surface area contributed by atoms with E-state index in [0.717, 1.165) is 38.9 Å². The normalized spacial score (nSPS) is 16.6. The Hall–Kier alpha value is -3.65. The molecule has 38 heavy (non-hydrogen) atoms. The van der Waals surface area contributed by atoms with Gasteiger partial charge in [-0.05, 0) is 62.7 Å². The van der Waals surface area contributed by atoms with Gasteiger partial charge in [0.1, 0.15) is 5.75 Å². The van der Waals surface area contributed by atoms with Gasteiger partial charge in [-0.3, -0.25) is 14.4 Å². The number of carbonyl (C=O) groups excluding carboxylic acids is 3. The van der Waals surface area contributed by atoms with Crippen molar-refractivity contribution >= 4 is 28.5 Å². The second-order valence-electron chi connectivity index (χ2n) is 10.4. The van der Waals surface area contributed by atoms with Crippen molar-refractivity contribution in [1.82, 2.24) is 20.1 Å². The van der Waals surface area contributed by atoms with Crippen molar-refractivity contribution in [2.24, 2.45) is 5.92 Å². The highest BCUT2D eigenvalue weighted by Gasteiger charge is 2.28. The molecule has 0 aliphatic carbocycles. The summed E-state index contributed by atoms with van der Waals surface area (Å²) in [5.41, 5.74) is 2.64. The van der Waals surface area contributed by atoms with E-state index in [0.29, 0.717) is 47.8 Å². The zero-order valence-electron chi connectivity index (χ0n) is 22.0. The van der Waals surface area contributed by atoms with Crippen LogP contribution in [0.25, 0.3) is 10.9 Å². The molecule has 2 N–H and O–H groups in total. The molecular weight excluding hydrogens is 480 g/mol. The highest BCUT2D eigenvalue weighted by atomic mass is 16.5. The molecule has 0 saturated carbocycles. The number of aromatic amines is 1. The Morgan fingerprint density at radius 3 is 2.45 bits per heavy atom. The summed E-state index contributed by atoms with van der Waals surface area (Å²) >= 11 is 0. The first kappa shape index (κ1) is 26.0. The Labute approximate surface area is 223 Å². The Morgan fingerprint density at radius 1 is 1.00 bits per heavy atom. The summed E-state index contributed by atoms with van der Waals surface area (Å²) in [5.74, 6) is -0.359. The lowest BCUT2D eigenvalue weighted by molar-refractivity contribution is -0.117. The summed E-state index contributed by atoms with van der Waals surface area (Å²) < 4.78 is 5.55. The molecule has 2 aromatic carbocycles. The number of rotatable bonds is 9. The standard InChI is InChI=1S/C30H36N4O4/c1-38-27-19-26-23(25(20-32-26)28(35)29(36)31-11-16-33-12-5-6-13-33)18-24(27)30(37)34-14-9-22(10-15-34)17-21-7-3-2-4-8-21/h2-4,7-8,18-20,22,32H,5-6,9-17H2,1H3,(H,31,36). The van der Waals surface area contributed by atoms with Crippen LogP contribution in [0, 0.1) is 5.92 Å². The van der Waals surface area contributed by atoms with Crippen LogP contribution in [0.4, 0.5) is 0 Å². The van der Waals surface area contributed by atoms with Gasteiger partial charge >= 0.3 is 0 Å². The second kappa shape index (κ2) is 11.8. The molecule has 2 fully saturated rings. The van der Waals surface area contributed by atoms with E-state index in [1.54, 1.807) is 12.1 Å². The molecule has 0 atom stereocenters. The number of aromatic nitrogens is 1. The fourth-order valence-corrected chi connectivity index (χ4v) is 5.67. The molecule has 2 saturated heterocycles. The van der Waals surface area contributed by atoms with Crippen molar-refractivity contribution < 1.29 is 19.1 Å². The second-order valence-corrected chi connectivity index (χ2v) is 10.4. The summed E-state index contributed by atoms with van der Waals surface area (Å²) in [6, 6.07) is 13.9. The number of benzene rings is 2. The first-order valence-electron chi connectivity index (χ1n) is 13.6. The van der Waals surface area contributed by atoms with Crippen LogP contribution < -0.4 is 10.1 Å². The lowest BCUT2D eigenvalue weighted by atomic mass is 9.90. The van der Waals surface area contributed by atoms with Crippen LogP contribution >= 0.6 is 0 Å². The first-order valence-corrected chi connectivity index (χ1v) is 13.6. The Kier molecular flexibility index (Phi) is 8.08. The van der Waals surface area contributed by atoms with Crippen molar-refractivity contribution in [2.75, 3.05) is 46.4 Å². The minimum absolute atomic E-state index is 0.114. The molecular formula is C30H36N4O4. The molecule has 200 valence electrons. The van der Waals surface area contributed by atoms with E-state index in [1.165, 1.54) is 31.7 Å². The summed E-state index contributed by atoms with van der Waals surface area (Å²) in [7, 11) is 1.53. The van der Waals surface area contributed by atoms with E-state index in [2.05, 4.69) is 39.5 Å². The van der Waals surface area contributed by atoms with E-state index in [1.807, 2.05) is 11.0 Å². The maximum Gasteiger partial charge on any atom is 0.292 e. The van der Waals surface area contributed by atoms with Gasteiger partial charge in [-0.15, -0.1) is 0 Å². The number of methoxy groups -OCH3 is 1. The Balaban J connectivity index is 1.26. The molecule has 0 radical (unpaired) electrons. The average Bonchev–Trinajstić information content (AvgIpc) is 3.62. The molecule has 0 bridgehead atoms. The lowest BCUT2D eigenvalue weighted by Crippen LogP contribution is -2.39. The van der Waals surface area contributed by atoms with Gasteiger partial charge in [0, 0.05) is 49.3 Å². The number of hydrogen-bond acceptors (Lipinski definition) is 5. The lowest BCUT2D eigenvalue weighted by Gasteiger charge is -2.32. The van der Waals surface area contributed by atoms with Gasteiger partial charge < -0.3 is 24.8 Å². The largest absolute Gasteiger partial charge is 0.496 e. The monoisotopic (exact) mass is 516 g/mol. The number of carbonyl (C=O) groups is 3. The number of hydrogen-bond donors (Lipinski definition) is 2. The smallest absolute Gasteiger partial charge is 0.292 e. The van der Waals surface area contributed by atoms with Gasteiger partial charge in [-0.25, -0.2) is 0 Å². The van der Waals surface area contributed by atoms with Gasteiger partial charge in [-0.1, -0.05) is 30.3 Å². The van der Waals surface area contributed by atoms with Crippen LogP contribution in [0.15, 0.2) is 48.7 Å². The van der Waals surface area contributed by atoms with Crippen molar-refractivity contribution in [3.63, 3.8) is 0 Å². The highest BCUT2D eigenvalue weighted by molar-refractivity contribution is 6.45. The van der Waals surface area contributed by atoms with E-state index in [4.69, 9.17) is 4.74 Å². The van der Waals surface area contributed by atoms with Crippen molar-refractivity contribution in [2.45, 2.75) is 32.1 Å². The minimum Gasteiger partial charge on any atom is -0.496 e. The van der Waals surface area contributed by atoms with Gasteiger partial charge in [0.2, 0.25) is 0 Å². The number of ketones is 1. The number of Topliss-reactive ketones (excluding diaryl/α,β-unsaturated/α-hetero) is 1. The minimum atomic E-state index is -0.630. The van der Waals surface area contributed by atoms with Crippen LogP contribution in [-0.2, 0) is 11.2 Å². The summed E-state index contributed by atoms with van der Waals surface area (Å²) in [6.45, 7) is 4.60. The van der Waals surface area contributed by atoms with Gasteiger partial charge in [0.05, 0.1) is 18.2 Å². The fourth-order valence-electron chi connectivity index (χ4n) is 5.67. The number of nitrogens with zero attached hydrogens (tertiary/aromatic N) is 2. The van der Waals surface area contributed by atoms with Crippen molar-refractivity contribution in [3.05, 3.63) is 65.4 Å². The summed E-state index contributed by atoms with van der Waals surface area (Å²) in [4.78, 5) is 46.4. The average molecular weight is 517 g/mol. The highest BCUT2D eigenvalue weighted by Crippen LogP contribution is 2.31. The van der Waals surface area contributed by atoms with Crippen molar-refractivity contribution in [3.8, 4) is 5.75 Å². The van der Waals surface area contributed by atoms with E-state index in [-0.39, 0.29) is 11.5 Å². The molecule has 2 amide bonds. The summed E-state index contributed by atoms with van der Waals surface area (Å²) in [5, 5.41) is 3.30. The molecule has 8 nitrogen and oxygen atoms in total. The van der Waals surface area contributed by atoms with Crippen LogP contribution in [0.5, 0.6) is 5.75 Å². The third-order valence-corrected chi connectivity index (χ3v) is 7.86. The third-order valence-electron chi connectivity index (χ3n) is 7.86. The summed E-state index contributed by atoms with van der Waals surface area (Å²) in [6.07, 6.45) is 6.80. The number of ether oxygens (including phenoxy) is 1. The quantitative estimate of drug-likeness (QED) is 0.334. The number of piperidine rings is 1. The fraction of sp³-hybridized carbons (Fsp3) is 0.433. The maximum absolute atomic E-state index is 13.6. The Morgan fingerprint density at radius 2 is 1.74 bits per heavy atom. The van der Waals surface area contributed by atoms with Crippen LogP contribution in [0.3, 0.4) is 0 Å². The molecule has 2 aliphatic heterocycles.